The lowest BCUT2D eigenvalue weighted by Crippen LogP contribution is -2.25. The van der Waals surface area contributed by atoms with E-state index in [1.165, 1.54) is 19.2 Å². The molecule has 30 heavy (non-hydrogen) atoms. The highest BCUT2D eigenvalue weighted by Gasteiger charge is 2.35. The van der Waals surface area contributed by atoms with Crippen LogP contribution in [0.15, 0.2) is 59.5 Å². The van der Waals surface area contributed by atoms with Crippen molar-refractivity contribution in [2.45, 2.75) is 4.90 Å². The van der Waals surface area contributed by atoms with Gasteiger partial charge in [-0.15, -0.1) is 0 Å². The Hall–Kier alpha value is -3.69. The Morgan fingerprint density at radius 3 is 2.17 bits per heavy atom. The van der Waals surface area contributed by atoms with Crippen molar-refractivity contribution < 1.29 is 27.3 Å². The molecule has 3 aromatic carbocycles. The van der Waals surface area contributed by atoms with Crippen molar-refractivity contribution in [3.63, 3.8) is 0 Å². The van der Waals surface area contributed by atoms with Crippen molar-refractivity contribution in [3.8, 4) is 5.75 Å². The molecule has 3 N–H and O–H groups in total. The molecule has 0 saturated heterocycles. The number of benzene rings is 3. The van der Waals surface area contributed by atoms with Crippen molar-refractivity contribution >= 4 is 38.7 Å². The van der Waals surface area contributed by atoms with Crippen LogP contribution in [0.5, 0.6) is 5.75 Å². The van der Waals surface area contributed by atoms with Crippen LogP contribution in [0.1, 0.15) is 31.8 Å². The Labute approximate surface area is 172 Å². The molecule has 152 valence electrons. The number of nitrogen functional groups attached to an aromatic ring is 1. The van der Waals surface area contributed by atoms with E-state index >= 15 is 0 Å². The summed E-state index contributed by atoms with van der Waals surface area (Å²) in [6.45, 7) is 0. The van der Waals surface area contributed by atoms with Gasteiger partial charge in [0, 0.05) is 22.9 Å². The van der Waals surface area contributed by atoms with Gasteiger partial charge in [0.2, 0.25) is 0 Å². The van der Waals surface area contributed by atoms with Gasteiger partial charge in [0.25, 0.3) is 0 Å². The molecule has 0 bridgehead atoms. The number of carbonyl (C=O) groups is 2. The van der Waals surface area contributed by atoms with Crippen LogP contribution in [-0.4, -0.2) is 31.6 Å². The maximum atomic E-state index is 13.2. The minimum atomic E-state index is -5.02. The van der Waals surface area contributed by atoms with Crippen molar-refractivity contribution in [2.24, 2.45) is 0 Å². The summed E-state index contributed by atoms with van der Waals surface area (Å²) in [7, 11) is -3.54. The summed E-state index contributed by atoms with van der Waals surface area (Å²) < 4.78 is 40.6. The Balaban J connectivity index is 2.01. The molecule has 0 aromatic heterocycles. The third kappa shape index (κ3) is 3.10. The highest BCUT2D eigenvalue weighted by molar-refractivity contribution is 7.86. The van der Waals surface area contributed by atoms with Crippen LogP contribution in [0.4, 0.5) is 17.1 Å². The van der Waals surface area contributed by atoms with Gasteiger partial charge in [0.1, 0.15) is 15.9 Å². The number of ketones is 2. The van der Waals surface area contributed by atoms with E-state index in [2.05, 4.69) is 5.32 Å². The van der Waals surface area contributed by atoms with Gasteiger partial charge in [-0.05, 0) is 18.2 Å². The Morgan fingerprint density at radius 2 is 1.57 bits per heavy atom. The average Bonchev–Trinajstić information content (AvgIpc) is 2.72. The SMILES string of the molecule is COc1cccc(Nc2cc(S(=O)(=O)[O-])c(N)c3c2C(=O)c2ccccc2C3=O)c1. The number of fused-ring (bicyclic) bond motifs is 2. The quantitative estimate of drug-likeness (QED) is 0.377. The van der Waals surface area contributed by atoms with Gasteiger partial charge < -0.3 is 20.3 Å². The third-order valence-corrected chi connectivity index (χ3v) is 5.69. The molecule has 0 fully saturated rings. The van der Waals surface area contributed by atoms with Gasteiger partial charge in [0.05, 0.1) is 34.5 Å². The monoisotopic (exact) mass is 423 g/mol. The maximum absolute atomic E-state index is 13.2. The summed E-state index contributed by atoms with van der Waals surface area (Å²) in [6, 6.07) is 13.8. The lowest BCUT2D eigenvalue weighted by molar-refractivity contribution is 0.0980. The second kappa shape index (κ2) is 6.97. The fourth-order valence-corrected chi connectivity index (χ4v) is 4.09. The second-order valence-electron chi connectivity index (χ2n) is 6.60. The van der Waals surface area contributed by atoms with Gasteiger partial charge in [0.15, 0.2) is 11.6 Å². The average molecular weight is 423 g/mol. The van der Waals surface area contributed by atoms with Crippen LogP contribution in [0, 0.1) is 0 Å². The molecule has 9 heteroatoms. The number of hydrogen-bond donors (Lipinski definition) is 2. The fraction of sp³-hybridized carbons (Fsp3) is 0.0476. The molecule has 0 aliphatic heterocycles. The van der Waals surface area contributed by atoms with Crippen molar-refractivity contribution in [3.05, 3.63) is 76.9 Å². The Kier molecular flexibility index (Phi) is 4.56. The van der Waals surface area contributed by atoms with E-state index < -0.39 is 32.3 Å². The molecule has 0 unspecified atom stereocenters. The van der Waals surface area contributed by atoms with Crippen LogP contribution in [0.3, 0.4) is 0 Å². The first-order valence-electron chi connectivity index (χ1n) is 8.74. The molecule has 0 amide bonds. The van der Waals surface area contributed by atoms with Crippen LogP contribution < -0.4 is 15.8 Å². The third-order valence-electron chi connectivity index (χ3n) is 4.82. The van der Waals surface area contributed by atoms with E-state index in [-0.39, 0.29) is 27.9 Å². The molecule has 0 saturated carbocycles. The summed E-state index contributed by atoms with van der Waals surface area (Å²) in [4.78, 5) is 25.5. The van der Waals surface area contributed by atoms with E-state index in [1.807, 2.05) is 0 Å². The fourth-order valence-electron chi connectivity index (χ4n) is 3.46. The van der Waals surface area contributed by atoms with E-state index in [9.17, 15) is 22.6 Å². The molecule has 0 spiro atoms. The number of anilines is 3. The predicted octanol–water partition coefficient (Wildman–Crippen LogP) is 2.70. The lowest BCUT2D eigenvalue weighted by atomic mass is 9.82. The molecule has 0 heterocycles. The van der Waals surface area contributed by atoms with Gasteiger partial charge in [-0.2, -0.15) is 0 Å². The Morgan fingerprint density at radius 1 is 0.933 bits per heavy atom. The molecule has 0 radical (unpaired) electrons. The molecule has 0 atom stereocenters. The summed E-state index contributed by atoms with van der Waals surface area (Å²) >= 11 is 0. The number of hydrogen-bond acceptors (Lipinski definition) is 8. The van der Waals surface area contributed by atoms with Crippen molar-refractivity contribution in [1.29, 1.82) is 0 Å². The highest BCUT2D eigenvalue weighted by atomic mass is 32.2. The molecule has 4 rings (SSSR count). The van der Waals surface area contributed by atoms with Crippen LogP contribution in [0.25, 0.3) is 0 Å². The van der Waals surface area contributed by atoms with Crippen LogP contribution >= 0.6 is 0 Å². The van der Waals surface area contributed by atoms with Gasteiger partial charge in [-0.25, -0.2) is 8.42 Å². The number of ether oxygens (including phenoxy) is 1. The first kappa shape index (κ1) is 19.6. The number of methoxy groups -OCH3 is 1. The largest absolute Gasteiger partial charge is 0.744 e. The minimum Gasteiger partial charge on any atom is -0.744 e. The normalized spacial score (nSPS) is 12.9. The van der Waals surface area contributed by atoms with E-state index in [0.717, 1.165) is 6.07 Å². The van der Waals surface area contributed by atoms with Gasteiger partial charge >= 0.3 is 0 Å². The molecular weight excluding hydrogens is 408 g/mol. The van der Waals surface area contributed by atoms with Crippen molar-refractivity contribution in [2.75, 3.05) is 18.2 Å². The first-order chi connectivity index (χ1) is 14.2. The second-order valence-corrected chi connectivity index (χ2v) is 7.95. The zero-order valence-electron chi connectivity index (χ0n) is 15.6. The minimum absolute atomic E-state index is 0.0188. The van der Waals surface area contributed by atoms with Gasteiger partial charge in [-0.1, -0.05) is 30.3 Å². The zero-order chi connectivity index (χ0) is 21.6. The van der Waals surface area contributed by atoms with Gasteiger partial charge in [-0.3, -0.25) is 9.59 Å². The number of nitrogens with two attached hydrogens (primary N) is 1. The molecule has 1 aliphatic rings. The smallest absolute Gasteiger partial charge is 0.196 e. The first-order valence-corrected chi connectivity index (χ1v) is 10.1. The molecule has 3 aromatic rings. The van der Waals surface area contributed by atoms with Crippen LogP contribution in [-0.2, 0) is 10.1 Å². The Bertz CT molecular complexity index is 1330. The summed E-state index contributed by atoms with van der Waals surface area (Å²) in [5.41, 5.74) is 5.67. The molecule has 8 nitrogen and oxygen atoms in total. The topological polar surface area (TPSA) is 139 Å². The van der Waals surface area contributed by atoms with E-state index in [4.69, 9.17) is 10.5 Å². The maximum Gasteiger partial charge on any atom is 0.196 e. The number of carbonyl (C=O) groups excluding carboxylic acids is 2. The zero-order valence-corrected chi connectivity index (χ0v) is 16.4. The number of rotatable bonds is 4. The van der Waals surface area contributed by atoms with E-state index in [1.54, 1.807) is 36.4 Å². The lowest BCUT2D eigenvalue weighted by Gasteiger charge is -2.25. The van der Waals surface area contributed by atoms with E-state index in [0.29, 0.717) is 11.4 Å². The molecule has 1 aliphatic carbocycles. The highest BCUT2D eigenvalue weighted by Crippen LogP contribution is 2.40. The summed E-state index contributed by atoms with van der Waals surface area (Å²) in [5, 5.41) is 2.92. The molecular formula is C21H15N2O6S-. The van der Waals surface area contributed by atoms with Crippen LogP contribution in [0.2, 0.25) is 0 Å². The predicted molar refractivity (Wildman–Crippen MR) is 108 cm³/mol. The number of nitrogens with one attached hydrogen (secondary N) is 1. The summed E-state index contributed by atoms with van der Waals surface area (Å²) in [6.07, 6.45) is 0. The van der Waals surface area contributed by atoms with Crippen molar-refractivity contribution in [1.82, 2.24) is 0 Å². The summed E-state index contributed by atoms with van der Waals surface area (Å²) in [5.74, 6) is -0.627. The standard InChI is InChI=1S/C21H16N2O6S/c1-29-12-6-4-5-11(9-12)23-15-10-16(30(26,27)28)19(22)18-17(15)20(24)13-7-2-3-8-14(13)21(18)25/h2-10,23H,22H2,1H3,(H,26,27,28)/p-1.